The maximum atomic E-state index is 12.3. The second kappa shape index (κ2) is 5.90. The number of pyridine rings is 1. The molecule has 0 spiro atoms. The molecule has 5 atom stereocenters. The highest BCUT2D eigenvalue weighted by molar-refractivity contribution is 6.30. The van der Waals surface area contributed by atoms with Crippen LogP contribution in [0.3, 0.4) is 0 Å². The maximum Gasteiger partial charge on any atom is 0.315 e. The first-order chi connectivity index (χ1) is 12.2. The molecule has 25 heavy (non-hydrogen) atoms. The van der Waals surface area contributed by atoms with Gasteiger partial charge in [-0.1, -0.05) is 18.0 Å². The van der Waals surface area contributed by atoms with E-state index in [1.165, 1.54) is 32.1 Å². The van der Waals surface area contributed by atoms with E-state index in [4.69, 9.17) is 11.6 Å². The molecule has 0 radical (unpaired) electrons. The maximum absolute atomic E-state index is 12.3. The first-order valence-corrected chi connectivity index (χ1v) is 9.72. The van der Waals surface area contributed by atoms with Crippen molar-refractivity contribution in [3.05, 3.63) is 35.2 Å². The third-order valence-electron chi connectivity index (χ3n) is 6.64. The van der Waals surface area contributed by atoms with E-state index in [1.54, 1.807) is 0 Å². The van der Waals surface area contributed by atoms with Crippen LogP contribution in [0.4, 0.5) is 4.79 Å². The first kappa shape index (κ1) is 15.5. The smallest absolute Gasteiger partial charge is 0.315 e. The van der Waals surface area contributed by atoms with Crippen molar-refractivity contribution in [1.29, 1.82) is 0 Å². The van der Waals surface area contributed by atoms with E-state index >= 15 is 0 Å². The van der Waals surface area contributed by atoms with Crippen LogP contribution in [-0.2, 0) is 6.54 Å². The van der Waals surface area contributed by atoms with Crippen LogP contribution in [-0.4, -0.2) is 21.5 Å². The van der Waals surface area contributed by atoms with Gasteiger partial charge in [-0.15, -0.1) is 0 Å². The highest BCUT2D eigenvalue weighted by Crippen LogP contribution is 2.58. The van der Waals surface area contributed by atoms with Gasteiger partial charge in [0.15, 0.2) is 0 Å². The summed E-state index contributed by atoms with van der Waals surface area (Å²) in [5.41, 5.74) is 1.67. The van der Waals surface area contributed by atoms with Crippen molar-refractivity contribution in [1.82, 2.24) is 20.0 Å². The van der Waals surface area contributed by atoms with Crippen LogP contribution in [0.25, 0.3) is 5.65 Å². The predicted octanol–water partition coefficient (Wildman–Crippen LogP) is 3.61. The highest BCUT2D eigenvalue weighted by atomic mass is 35.5. The largest absolute Gasteiger partial charge is 0.335 e. The minimum atomic E-state index is -0.0674. The number of carbonyl (C=O) groups excluding carboxylic acids is 1. The number of nitrogens with one attached hydrogen (secondary N) is 2. The zero-order chi connectivity index (χ0) is 17.0. The fraction of sp³-hybridized carbons (Fsp3) is 0.579. The summed E-state index contributed by atoms with van der Waals surface area (Å²) in [5.74, 6) is 3.38. The quantitative estimate of drug-likeness (QED) is 0.880. The van der Waals surface area contributed by atoms with Gasteiger partial charge in [-0.05, 0) is 61.5 Å². The molecule has 5 unspecified atom stereocenters. The van der Waals surface area contributed by atoms with Crippen LogP contribution < -0.4 is 10.6 Å². The second-order valence-corrected chi connectivity index (χ2v) is 8.37. The van der Waals surface area contributed by atoms with Crippen molar-refractivity contribution in [2.45, 2.75) is 44.7 Å². The first-order valence-electron chi connectivity index (χ1n) is 9.35. The Morgan fingerprint density at radius 3 is 3.00 bits per heavy atom. The average Bonchev–Trinajstić information content (AvgIpc) is 3.32. The predicted molar refractivity (Wildman–Crippen MR) is 96.4 cm³/mol. The Morgan fingerprint density at radius 2 is 2.08 bits per heavy atom. The van der Waals surface area contributed by atoms with Crippen molar-refractivity contribution < 1.29 is 4.79 Å². The third kappa shape index (κ3) is 2.69. The molecular weight excluding hydrogens is 336 g/mol. The van der Waals surface area contributed by atoms with Gasteiger partial charge in [-0.2, -0.15) is 0 Å². The highest BCUT2D eigenvalue weighted by Gasteiger charge is 2.54. The van der Waals surface area contributed by atoms with Gasteiger partial charge in [0.05, 0.1) is 17.3 Å². The lowest BCUT2D eigenvalue weighted by Gasteiger charge is -2.32. The summed E-state index contributed by atoms with van der Waals surface area (Å²) in [6, 6.07) is 3.99. The zero-order valence-electron chi connectivity index (χ0n) is 14.1. The molecule has 3 saturated carbocycles. The molecule has 3 fully saturated rings. The minimum absolute atomic E-state index is 0.0674. The standard InChI is InChI=1S/C19H23ClN4O/c20-12-4-5-18-22-13(10-24(18)9-12)8-21-19(25)23-17-7-11-6-16(17)15-3-1-2-14(11)15/h4-5,9-11,14-17H,1-3,6-8H2,(H2,21,23,25). The molecule has 0 saturated heterocycles. The second-order valence-electron chi connectivity index (χ2n) is 7.93. The van der Waals surface area contributed by atoms with E-state index in [1.807, 2.05) is 28.9 Å². The molecule has 0 aromatic carbocycles. The van der Waals surface area contributed by atoms with E-state index in [2.05, 4.69) is 15.6 Å². The zero-order valence-corrected chi connectivity index (χ0v) is 14.9. The van der Waals surface area contributed by atoms with Gasteiger partial charge in [0.25, 0.3) is 0 Å². The van der Waals surface area contributed by atoms with Crippen LogP contribution in [0.5, 0.6) is 0 Å². The Bertz CT molecular complexity index is 819. The van der Waals surface area contributed by atoms with Crippen molar-refractivity contribution in [2.75, 3.05) is 0 Å². The number of aromatic nitrogens is 2. The van der Waals surface area contributed by atoms with Crippen molar-refractivity contribution >= 4 is 23.3 Å². The van der Waals surface area contributed by atoms with Crippen molar-refractivity contribution in [3.63, 3.8) is 0 Å². The van der Waals surface area contributed by atoms with E-state index in [0.717, 1.165) is 29.1 Å². The van der Waals surface area contributed by atoms with Gasteiger partial charge in [0.2, 0.25) is 0 Å². The lowest BCUT2D eigenvalue weighted by Crippen LogP contribution is -2.46. The molecule has 2 N–H and O–H groups in total. The lowest BCUT2D eigenvalue weighted by atomic mass is 9.79. The number of hydrogen-bond donors (Lipinski definition) is 2. The van der Waals surface area contributed by atoms with Crippen LogP contribution in [0, 0.1) is 23.7 Å². The molecule has 2 heterocycles. The number of halogens is 1. The molecule has 2 amide bonds. The molecular formula is C19H23ClN4O. The van der Waals surface area contributed by atoms with Crippen molar-refractivity contribution in [2.24, 2.45) is 23.7 Å². The summed E-state index contributed by atoms with van der Waals surface area (Å²) in [7, 11) is 0. The van der Waals surface area contributed by atoms with Gasteiger partial charge in [-0.25, -0.2) is 9.78 Å². The van der Waals surface area contributed by atoms with Gasteiger partial charge in [0.1, 0.15) is 5.65 Å². The number of carbonyl (C=O) groups is 1. The summed E-state index contributed by atoms with van der Waals surface area (Å²) in [6.07, 6.45) is 10.4. The Balaban J connectivity index is 1.18. The molecule has 5 nitrogen and oxygen atoms in total. The number of urea groups is 1. The molecule has 2 aromatic heterocycles. The monoisotopic (exact) mass is 358 g/mol. The number of nitrogens with zero attached hydrogens (tertiary/aromatic N) is 2. The van der Waals surface area contributed by atoms with Crippen molar-refractivity contribution in [3.8, 4) is 0 Å². The SMILES string of the molecule is O=C(NCc1cn2cc(Cl)ccc2n1)NC1CC2CC1C1CCCC21. The van der Waals surface area contributed by atoms with Gasteiger partial charge in [0, 0.05) is 18.4 Å². The lowest BCUT2D eigenvalue weighted by molar-refractivity contribution is 0.197. The molecule has 6 heteroatoms. The molecule has 3 aliphatic carbocycles. The Kier molecular flexibility index (Phi) is 3.66. The van der Waals surface area contributed by atoms with E-state index in [9.17, 15) is 4.79 Å². The number of amides is 2. The number of rotatable bonds is 3. The van der Waals surface area contributed by atoms with E-state index in [-0.39, 0.29) is 6.03 Å². The molecule has 2 aromatic rings. The Hall–Kier alpha value is -1.75. The summed E-state index contributed by atoms with van der Waals surface area (Å²) in [5, 5.41) is 6.86. The fourth-order valence-corrected chi connectivity index (χ4v) is 5.89. The number of fused-ring (bicyclic) bond motifs is 6. The van der Waals surface area contributed by atoms with Crippen LogP contribution in [0.2, 0.25) is 5.02 Å². The summed E-state index contributed by atoms with van der Waals surface area (Å²) >= 11 is 5.99. The van der Waals surface area contributed by atoms with Gasteiger partial charge < -0.3 is 15.0 Å². The molecule has 5 rings (SSSR count). The number of hydrogen-bond acceptors (Lipinski definition) is 2. The fourth-order valence-electron chi connectivity index (χ4n) is 5.73. The molecule has 132 valence electrons. The Labute approximate surface area is 152 Å². The third-order valence-corrected chi connectivity index (χ3v) is 6.86. The summed E-state index contributed by atoms with van der Waals surface area (Å²) in [4.78, 5) is 16.8. The molecule has 2 bridgehead atoms. The van der Waals surface area contributed by atoms with Crippen LogP contribution >= 0.6 is 11.6 Å². The Morgan fingerprint density at radius 1 is 1.20 bits per heavy atom. The topological polar surface area (TPSA) is 58.4 Å². The molecule has 0 aliphatic heterocycles. The minimum Gasteiger partial charge on any atom is -0.335 e. The summed E-state index contributed by atoms with van der Waals surface area (Å²) < 4.78 is 1.88. The van der Waals surface area contributed by atoms with E-state index in [0.29, 0.717) is 23.5 Å². The average molecular weight is 359 g/mol. The normalized spacial score (nSPS) is 32.9. The van der Waals surface area contributed by atoms with Gasteiger partial charge in [-0.3, -0.25) is 0 Å². The van der Waals surface area contributed by atoms with E-state index < -0.39 is 0 Å². The van der Waals surface area contributed by atoms with Crippen LogP contribution in [0.1, 0.15) is 37.8 Å². The molecule has 3 aliphatic rings. The summed E-state index contributed by atoms with van der Waals surface area (Å²) in [6.45, 7) is 0.429. The van der Waals surface area contributed by atoms with Crippen LogP contribution in [0.15, 0.2) is 24.5 Å². The van der Waals surface area contributed by atoms with Gasteiger partial charge >= 0.3 is 6.03 Å². The number of imidazole rings is 1.